The molecule has 1 unspecified atom stereocenters. The summed E-state index contributed by atoms with van der Waals surface area (Å²) in [6.07, 6.45) is 8.14. The van der Waals surface area contributed by atoms with Gasteiger partial charge in [0.15, 0.2) is 17.2 Å². The van der Waals surface area contributed by atoms with Crippen LogP contribution in [-0.4, -0.2) is 56.0 Å². The monoisotopic (exact) mass is 494 g/mol. The molecule has 37 heavy (non-hydrogen) atoms. The quantitative estimate of drug-likeness (QED) is 0.260. The van der Waals surface area contributed by atoms with Crippen LogP contribution in [0.4, 0.5) is 5.69 Å². The van der Waals surface area contributed by atoms with E-state index in [0.29, 0.717) is 28.4 Å². The second-order valence-electron chi connectivity index (χ2n) is 10.1. The van der Waals surface area contributed by atoms with Gasteiger partial charge in [-0.3, -0.25) is 10.1 Å². The third kappa shape index (κ3) is 4.19. The van der Waals surface area contributed by atoms with Crippen LogP contribution in [0.5, 0.6) is 0 Å². The third-order valence-corrected chi connectivity index (χ3v) is 6.15. The number of aliphatic hydroxyl groups is 1. The normalized spacial score (nSPS) is 12.9. The third-order valence-electron chi connectivity index (χ3n) is 6.15. The fraction of sp³-hybridized carbons (Fsp3) is 0.231. The number of imidazole rings is 2. The molecule has 0 saturated carbocycles. The Bertz CT molecular complexity index is 1740. The van der Waals surface area contributed by atoms with Crippen molar-refractivity contribution in [1.82, 2.24) is 44.7 Å². The highest BCUT2D eigenvalue weighted by molar-refractivity contribution is 5.92. The van der Waals surface area contributed by atoms with Gasteiger partial charge < -0.3 is 20.0 Å². The van der Waals surface area contributed by atoms with Crippen LogP contribution < -0.4 is 5.32 Å². The Morgan fingerprint density at radius 3 is 2.73 bits per heavy atom. The van der Waals surface area contributed by atoms with Crippen molar-refractivity contribution in [1.29, 1.82) is 0 Å². The second kappa shape index (κ2) is 8.49. The average Bonchev–Trinajstić information content (AvgIpc) is 3.60. The van der Waals surface area contributed by atoms with Gasteiger partial charge in [-0.15, -0.1) is 0 Å². The highest BCUT2D eigenvalue weighted by atomic mass is 16.3. The minimum atomic E-state index is -0.724. The molecule has 6 aromatic rings. The summed E-state index contributed by atoms with van der Waals surface area (Å²) in [6.45, 7) is 7.83. The molecule has 1 atom stereocenters. The molecule has 0 amide bonds. The van der Waals surface area contributed by atoms with E-state index in [1.165, 1.54) is 0 Å². The van der Waals surface area contributed by atoms with E-state index in [1.807, 2.05) is 62.7 Å². The van der Waals surface area contributed by atoms with Crippen LogP contribution in [0.25, 0.3) is 50.7 Å². The Morgan fingerprint density at radius 1 is 1.08 bits per heavy atom. The number of rotatable bonds is 5. The van der Waals surface area contributed by atoms with Crippen molar-refractivity contribution >= 4 is 27.9 Å². The molecule has 0 aromatic carbocycles. The average molecular weight is 495 g/mol. The Morgan fingerprint density at radius 2 is 1.95 bits per heavy atom. The Hall–Kier alpha value is -4.64. The summed E-state index contributed by atoms with van der Waals surface area (Å²) in [5.74, 6) is 0.560. The van der Waals surface area contributed by atoms with Gasteiger partial charge in [0.2, 0.25) is 0 Å². The number of aromatic nitrogens is 9. The molecule has 0 radical (unpaired) electrons. The van der Waals surface area contributed by atoms with E-state index in [1.54, 1.807) is 24.9 Å². The van der Waals surface area contributed by atoms with Crippen molar-refractivity contribution in [3.05, 3.63) is 61.1 Å². The smallest absolute Gasteiger partial charge is 0.180 e. The lowest BCUT2D eigenvalue weighted by atomic mass is 9.94. The lowest BCUT2D eigenvalue weighted by Crippen LogP contribution is -2.33. The zero-order valence-electron chi connectivity index (χ0n) is 20.9. The van der Waals surface area contributed by atoms with E-state index in [0.717, 1.165) is 33.7 Å². The van der Waals surface area contributed by atoms with E-state index in [4.69, 9.17) is 9.97 Å². The number of aliphatic hydroxyl groups excluding tert-OH is 1. The standard InChI is InChI=1S/C26H26N10O/c1-14-12-36(13-29-14)19-7-8-28-23-21(19)32-24(33-23)22-20-18(34-35-22)6-5-17(31-20)15-9-16(11-27-10-15)30-25(37)26(2,3)4/h5-13,25,30,37H,1-4H3,(H,34,35)(H,28,32,33). The van der Waals surface area contributed by atoms with Crippen LogP contribution in [0.1, 0.15) is 26.5 Å². The van der Waals surface area contributed by atoms with Gasteiger partial charge >= 0.3 is 0 Å². The molecule has 0 saturated heterocycles. The molecule has 11 heteroatoms. The number of fused-ring (bicyclic) bond motifs is 2. The van der Waals surface area contributed by atoms with Gasteiger partial charge in [0.05, 0.1) is 40.8 Å². The van der Waals surface area contributed by atoms with Crippen LogP contribution >= 0.6 is 0 Å². The van der Waals surface area contributed by atoms with E-state index in [9.17, 15) is 5.11 Å². The van der Waals surface area contributed by atoms with Gasteiger partial charge in [-0.05, 0) is 31.2 Å². The van der Waals surface area contributed by atoms with E-state index in [2.05, 4.69) is 35.5 Å². The molecule has 186 valence electrons. The number of nitrogens with one attached hydrogen (secondary N) is 3. The molecule has 6 rings (SSSR count). The van der Waals surface area contributed by atoms with Gasteiger partial charge in [-0.1, -0.05) is 20.8 Å². The molecule has 4 N–H and O–H groups in total. The zero-order valence-corrected chi connectivity index (χ0v) is 20.9. The summed E-state index contributed by atoms with van der Waals surface area (Å²) in [5, 5.41) is 21.1. The molecule has 0 aliphatic carbocycles. The van der Waals surface area contributed by atoms with Gasteiger partial charge in [0.1, 0.15) is 17.3 Å². The largest absolute Gasteiger partial charge is 0.373 e. The van der Waals surface area contributed by atoms with Crippen molar-refractivity contribution in [2.45, 2.75) is 33.9 Å². The number of pyridine rings is 3. The molecule has 0 fully saturated rings. The van der Waals surface area contributed by atoms with Crippen molar-refractivity contribution in [3.63, 3.8) is 0 Å². The highest BCUT2D eigenvalue weighted by Gasteiger charge is 2.22. The minimum Gasteiger partial charge on any atom is -0.373 e. The molecule has 0 spiro atoms. The molecule has 11 nitrogen and oxygen atoms in total. The summed E-state index contributed by atoms with van der Waals surface area (Å²) in [6, 6.07) is 7.67. The Balaban J connectivity index is 1.39. The van der Waals surface area contributed by atoms with Crippen molar-refractivity contribution in [2.75, 3.05) is 5.32 Å². The second-order valence-corrected chi connectivity index (χ2v) is 10.1. The summed E-state index contributed by atoms with van der Waals surface area (Å²) in [5.41, 5.74) is 7.13. The maximum absolute atomic E-state index is 10.4. The summed E-state index contributed by atoms with van der Waals surface area (Å²) in [7, 11) is 0. The summed E-state index contributed by atoms with van der Waals surface area (Å²) >= 11 is 0. The number of aryl methyl sites for hydroxylation is 1. The zero-order chi connectivity index (χ0) is 25.7. The number of H-pyrrole nitrogens is 2. The predicted molar refractivity (Wildman–Crippen MR) is 141 cm³/mol. The maximum atomic E-state index is 10.4. The molecule has 0 bridgehead atoms. The van der Waals surface area contributed by atoms with Crippen LogP contribution in [0.3, 0.4) is 0 Å². The Kier molecular flexibility index (Phi) is 5.23. The fourth-order valence-electron chi connectivity index (χ4n) is 4.04. The van der Waals surface area contributed by atoms with Gasteiger partial charge in [-0.2, -0.15) is 5.10 Å². The van der Waals surface area contributed by atoms with Crippen molar-refractivity contribution < 1.29 is 5.11 Å². The minimum absolute atomic E-state index is 0.323. The van der Waals surface area contributed by atoms with Gasteiger partial charge in [0.25, 0.3) is 0 Å². The SMILES string of the molecule is Cc1cn(-c2ccnc3nc(-c4n[nH]c5ccc(-c6cncc(NC(O)C(C)(C)C)c6)nc45)[nH]c23)cn1. The number of nitrogens with zero attached hydrogens (tertiary/aromatic N) is 7. The van der Waals surface area contributed by atoms with Crippen LogP contribution in [-0.2, 0) is 0 Å². The number of hydrogen-bond donors (Lipinski definition) is 4. The lowest BCUT2D eigenvalue weighted by molar-refractivity contribution is 0.0880. The van der Waals surface area contributed by atoms with Crippen LogP contribution in [0, 0.1) is 12.3 Å². The highest BCUT2D eigenvalue weighted by Crippen LogP contribution is 2.30. The molecular formula is C26H26N10O. The number of anilines is 1. The first-order chi connectivity index (χ1) is 17.8. The van der Waals surface area contributed by atoms with E-state index >= 15 is 0 Å². The van der Waals surface area contributed by atoms with E-state index < -0.39 is 6.23 Å². The number of aromatic amines is 2. The van der Waals surface area contributed by atoms with Gasteiger partial charge in [-0.25, -0.2) is 19.9 Å². The molecule has 0 aliphatic rings. The Labute approximate surface area is 212 Å². The first kappa shape index (κ1) is 22.8. The molecule has 6 aromatic heterocycles. The lowest BCUT2D eigenvalue weighted by Gasteiger charge is -2.27. The maximum Gasteiger partial charge on any atom is 0.180 e. The summed E-state index contributed by atoms with van der Waals surface area (Å²) < 4.78 is 1.94. The molecule has 6 heterocycles. The van der Waals surface area contributed by atoms with Crippen molar-refractivity contribution in [2.24, 2.45) is 5.41 Å². The summed E-state index contributed by atoms with van der Waals surface area (Å²) in [4.78, 5) is 26.1. The van der Waals surface area contributed by atoms with Gasteiger partial charge in [0, 0.05) is 29.6 Å². The molecule has 0 aliphatic heterocycles. The van der Waals surface area contributed by atoms with Crippen LogP contribution in [0.15, 0.2) is 55.4 Å². The van der Waals surface area contributed by atoms with Crippen LogP contribution in [0.2, 0.25) is 0 Å². The molecular weight excluding hydrogens is 468 g/mol. The van der Waals surface area contributed by atoms with E-state index in [-0.39, 0.29) is 5.41 Å². The number of hydrogen-bond acceptors (Lipinski definition) is 8. The van der Waals surface area contributed by atoms with Crippen molar-refractivity contribution in [3.8, 4) is 28.5 Å². The fourth-order valence-corrected chi connectivity index (χ4v) is 4.04. The first-order valence-electron chi connectivity index (χ1n) is 11.9. The predicted octanol–water partition coefficient (Wildman–Crippen LogP) is 4.23. The topological polar surface area (TPSA) is 146 Å². The first-order valence-corrected chi connectivity index (χ1v) is 11.9.